The molecule has 0 saturated carbocycles. The molecule has 0 bridgehead atoms. The van der Waals surface area contributed by atoms with Crippen molar-refractivity contribution < 1.29 is 13.9 Å². The number of amides is 1. The van der Waals surface area contributed by atoms with Gasteiger partial charge in [-0.25, -0.2) is 4.98 Å². The number of furan rings is 1. The van der Waals surface area contributed by atoms with E-state index < -0.39 is 0 Å². The number of carbonyl (C=O) groups is 1. The molecular weight excluding hydrogens is 436 g/mol. The van der Waals surface area contributed by atoms with E-state index in [2.05, 4.69) is 20.9 Å². The summed E-state index contributed by atoms with van der Waals surface area (Å²) < 4.78 is 12.7. The van der Waals surface area contributed by atoms with E-state index in [0.29, 0.717) is 28.1 Å². The number of para-hydroxylation sites is 1. The number of rotatable bonds is 5. The van der Waals surface area contributed by atoms with Gasteiger partial charge in [-0.1, -0.05) is 17.4 Å². The SMILES string of the molecule is COc1cccc2sc(N(Cc3ccco3)C(=O)c3ccc(Br)s3)nc12. The first-order chi connectivity index (χ1) is 12.7. The molecule has 0 aliphatic carbocycles. The summed E-state index contributed by atoms with van der Waals surface area (Å²) in [7, 11) is 1.61. The predicted octanol–water partition coefficient (Wildman–Crippen LogP) is 5.57. The Kier molecular flexibility index (Phi) is 4.80. The second kappa shape index (κ2) is 7.22. The van der Waals surface area contributed by atoms with Gasteiger partial charge in [0, 0.05) is 0 Å². The Morgan fingerprint density at radius 2 is 2.12 bits per heavy atom. The smallest absolute Gasteiger partial charge is 0.270 e. The summed E-state index contributed by atoms with van der Waals surface area (Å²) >= 11 is 6.26. The summed E-state index contributed by atoms with van der Waals surface area (Å²) in [6, 6.07) is 13.1. The lowest BCUT2D eigenvalue weighted by atomic mass is 10.3. The number of nitrogens with zero attached hydrogens (tertiary/aromatic N) is 2. The maximum Gasteiger partial charge on any atom is 0.270 e. The first-order valence-corrected chi connectivity index (χ1v) is 10.1. The van der Waals surface area contributed by atoms with Crippen molar-refractivity contribution in [3.63, 3.8) is 0 Å². The van der Waals surface area contributed by atoms with Crippen molar-refractivity contribution in [1.29, 1.82) is 0 Å². The van der Waals surface area contributed by atoms with Gasteiger partial charge in [-0.3, -0.25) is 9.69 Å². The zero-order valence-corrected chi connectivity index (χ0v) is 16.9. The van der Waals surface area contributed by atoms with Crippen LogP contribution in [0.15, 0.2) is 56.9 Å². The number of fused-ring (bicyclic) bond motifs is 1. The Morgan fingerprint density at radius 1 is 1.23 bits per heavy atom. The minimum atomic E-state index is -0.116. The van der Waals surface area contributed by atoms with Crippen molar-refractivity contribution in [2.45, 2.75) is 6.54 Å². The Labute approximate surface area is 166 Å². The number of hydrogen-bond acceptors (Lipinski definition) is 6. The van der Waals surface area contributed by atoms with Crippen LogP contribution in [-0.2, 0) is 6.54 Å². The van der Waals surface area contributed by atoms with Gasteiger partial charge in [-0.2, -0.15) is 0 Å². The van der Waals surface area contributed by atoms with Crippen LogP contribution in [0, 0.1) is 0 Å². The van der Waals surface area contributed by atoms with Crippen LogP contribution in [0.25, 0.3) is 10.2 Å². The largest absolute Gasteiger partial charge is 0.494 e. The molecule has 0 aliphatic heterocycles. The predicted molar refractivity (Wildman–Crippen MR) is 107 cm³/mol. The van der Waals surface area contributed by atoms with Crippen LogP contribution in [0.5, 0.6) is 5.75 Å². The average Bonchev–Trinajstić information content (AvgIpc) is 3.38. The summed E-state index contributed by atoms with van der Waals surface area (Å²) in [5, 5.41) is 0.607. The van der Waals surface area contributed by atoms with Crippen molar-refractivity contribution in [2.75, 3.05) is 12.0 Å². The van der Waals surface area contributed by atoms with Crippen LogP contribution in [0.2, 0.25) is 0 Å². The van der Waals surface area contributed by atoms with Gasteiger partial charge < -0.3 is 9.15 Å². The molecule has 0 fully saturated rings. The third kappa shape index (κ3) is 3.27. The fourth-order valence-electron chi connectivity index (χ4n) is 2.54. The zero-order chi connectivity index (χ0) is 18.1. The Hall–Kier alpha value is -2.16. The van der Waals surface area contributed by atoms with E-state index in [1.807, 2.05) is 30.3 Å². The second-order valence-electron chi connectivity index (χ2n) is 5.38. The molecule has 3 aromatic heterocycles. The molecule has 0 atom stereocenters. The summed E-state index contributed by atoms with van der Waals surface area (Å²) in [6.45, 7) is 0.309. The number of thiazole rings is 1. The number of ether oxygens (including phenoxy) is 1. The van der Waals surface area contributed by atoms with Gasteiger partial charge in [0.05, 0.1) is 33.3 Å². The van der Waals surface area contributed by atoms with E-state index in [9.17, 15) is 4.79 Å². The van der Waals surface area contributed by atoms with E-state index in [4.69, 9.17) is 9.15 Å². The third-order valence-corrected chi connectivity index (χ3v) is 6.40. The van der Waals surface area contributed by atoms with Crippen molar-refractivity contribution in [3.05, 3.63) is 63.2 Å². The van der Waals surface area contributed by atoms with Crippen LogP contribution in [0.3, 0.4) is 0 Å². The van der Waals surface area contributed by atoms with Crippen molar-refractivity contribution in [3.8, 4) is 5.75 Å². The van der Waals surface area contributed by atoms with Crippen LogP contribution < -0.4 is 9.64 Å². The minimum absolute atomic E-state index is 0.116. The van der Waals surface area contributed by atoms with Gasteiger partial charge in [-0.05, 0) is 52.3 Å². The normalized spacial score (nSPS) is 11.0. The molecule has 5 nitrogen and oxygen atoms in total. The van der Waals surface area contributed by atoms with Crippen molar-refractivity contribution in [1.82, 2.24) is 4.98 Å². The molecule has 1 aromatic carbocycles. The maximum absolute atomic E-state index is 13.1. The van der Waals surface area contributed by atoms with E-state index in [1.54, 1.807) is 30.4 Å². The van der Waals surface area contributed by atoms with Crippen LogP contribution >= 0.6 is 38.6 Å². The Morgan fingerprint density at radius 3 is 2.81 bits per heavy atom. The van der Waals surface area contributed by atoms with E-state index in [-0.39, 0.29) is 5.91 Å². The highest BCUT2D eigenvalue weighted by molar-refractivity contribution is 9.11. The summed E-state index contributed by atoms with van der Waals surface area (Å²) in [5.74, 6) is 1.27. The molecule has 0 spiro atoms. The van der Waals surface area contributed by atoms with Gasteiger partial charge in [0.25, 0.3) is 5.91 Å². The zero-order valence-electron chi connectivity index (χ0n) is 13.6. The van der Waals surface area contributed by atoms with Crippen LogP contribution in [-0.4, -0.2) is 18.0 Å². The molecule has 26 heavy (non-hydrogen) atoms. The quantitative estimate of drug-likeness (QED) is 0.400. The standard InChI is InChI=1S/C18H13BrN2O3S2/c1-23-12-5-2-6-13-16(12)20-18(26-13)21(10-11-4-3-9-24-11)17(22)14-7-8-15(19)25-14/h2-9H,10H2,1H3. The van der Waals surface area contributed by atoms with Crippen molar-refractivity contribution >= 4 is 59.9 Å². The van der Waals surface area contributed by atoms with Gasteiger partial charge in [0.15, 0.2) is 5.13 Å². The number of hydrogen-bond donors (Lipinski definition) is 0. The molecule has 3 heterocycles. The number of carbonyl (C=O) groups excluding carboxylic acids is 1. The number of benzene rings is 1. The average molecular weight is 449 g/mol. The number of thiophene rings is 1. The van der Waals surface area contributed by atoms with E-state index in [0.717, 1.165) is 14.0 Å². The molecule has 1 amide bonds. The molecule has 4 aromatic rings. The summed E-state index contributed by atoms with van der Waals surface area (Å²) in [4.78, 5) is 20.1. The number of methoxy groups -OCH3 is 1. The number of anilines is 1. The number of halogens is 1. The van der Waals surface area contributed by atoms with Gasteiger partial charge >= 0.3 is 0 Å². The monoisotopic (exact) mass is 448 g/mol. The van der Waals surface area contributed by atoms with E-state index in [1.165, 1.54) is 22.7 Å². The molecule has 4 rings (SSSR count). The number of aromatic nitrogens is 1. The first kappa shape index (κ1) is 17.3. The highest BCUT2D eigenvalue weighted by Gasteiger charge is 2.24. The molecule has 8 heteroatoms. The molecule has 0 unspecified atom stereocenters. The Balaban J connectivity index is 1.78. The van der Waals surface area contributed by atoms with Gasteiger partial charge in [0.1, 0.15) is 17.0 Å². The fraction of sp³-hybridized carbons (Fsp3) is 0.111. The highest BCUT2D eigenvalue weighted by Crippen LogP contribution is 2.36. The van der Waals surface area contributed by atoms with Crippen LogP contribution in [0.4, 0.5) is 5.13 Å². The van der Waals surface area contributed by atoms with Gasteiger partial charge in [-0.15, -0.1) is 11.3 Å². The molecular formula is C18H13BrN2O3S2. The van der Waals surface area contributed by atoms with Crippen molar-refractivity contribution in [2.24, 2.45) is 0 Å². The summed E-state index contributed by atoms with van der Waals surface area (Å²) in [6.07, 6.45) is 1.60. The minimum Gasteiger partial charge on any atom is -0.494 e. The lowest BCUT2D eigenvalue weighted by Crippen LogP contribution is -2.29. The van der Waals surface area contributed by atoms with Crippen LogP contribution in [0.1, 0.15) is 15.4 Å². The third-order valence-electron chi connectivity index (χ3n) is 3.74. The Bertz CT molecular complexity index is 1060. The first-order valence-electron chi connectivity index (χ1n) is 7.69. The molecule has 0 saturated heterocycles. The highest BCUT2D eigenvalue weighted by atomic mass is 79.9. The lowest BCUT2D eigenvalue weighted by Gasteiger charge is -2.17. The second-order valence-corrected chi connectivity index (χ2v) is 8.85. The summed E-state index contributed by atoms with van der Waals surface area (Å²) in [5.41, 5.74) is 0.750. The lowest BCUT2D eigenvalue weighted by molar-refractivity contribution is 0.0987. The molecule has 0 aliphatic rings. The molecule has 132 valence electrons. The molecule has 0 N–H and O–H groups in total. The fourth-order valence-corrected chi connectivity index (χ4v) is 4.85. The van der Waals surface area contributed by atoms with Gasteiger partial charge in [0.2, 0.25) is 0 Å². The maximum atomic E-state index is 13.1. The topological polar surface area (TPSA) is 55.6 Å². The molecule has 0 radical (unpaired) electrons. The van der Waals surface area contributed by atoms with E-state index >= 15 is 0 Å².